The molecule has 0 aromatic carbocycles. The van der Waals surface area contributed by atoms with Crippen LogP contribution in [-0.2, 0) is 4.79 Å². The zero-order valence-electron chi connectivity index (χ0n) is 6.41. The maximum absolute atomic E-state index is 11.1. The van der Waals surface area contributed by atoms with Gasteiger partial charge < -0.3 is 0 Å². The van der Waals surface area contributed by atoms with Crippen molar-refractivity contribution in [2.24, 2.45) is 0 Å². The van der Waals surface area contributed by atoms with Gasteiger partial charge in [0.05, 0.1) is 5.75 Å². The quantitative estimate of drug-likeness (QED) is 0.731. The Morgan fingerprint density at radius 3 is 1.85 bits per heavy atom. The summed E-state index contributed by atoms with van der Waals surface area (Å²) in [4.78, 5) is 9.63. The van der Waals surface area contributed by atoms with Crippen LogP contribution in [0.4, 0.5) is 13.2 Å². The van der Waals surface area contributed by atoms with Crippen molar-refractivity contribution >= 4 is 29.7 Å². The maximum Gasteiger partial charge on any atom is 0.450 e. The van der Waals surface area contributed by atoms with Gasteiger partial charge in [-0.05, 0) is 10.8 Å². The monoisotopic (exact) mass is 228 g/mol. The van der Waals surface area contributed by atoms with Crippen molar-refractivity contribution in [2.45, 2.75) is 6.18 Å². The van der Waals surface area contributed by atoms with Gasteiger partial charge in [0.15, 0.2) is 0 Å². The molecule has 13 heavy (non-hydrogen) atoms. The standard InChI is InChI=1S/C4H4S.C3H3F3OS/c1-2-4-5-3-1;4-3(5,6)2(7)1-8/h1-4H;8H,1H2. The van der Waals surface area contributed by atoms with E-state index in [1.54, 1.807) is 11.3 Å². The zero-order chi connectivity index (χ0) is 10.3. The number of ketones is 1. The molecule has 0 N–H and O–H groups in total. The van der Waals surface area contributed by atoms with E-state index in [0.29, 0.717) is 0 Å². The zero-order valence-corrected chi connectivity index (χ0v) is 8.13. The SMILES string of the molecule is O=C(CS)C(F)(F)F.c1ccsc1. The van der Waals surface area contributed by atoms with E-state index < -0.39 is 17.7 Å². The van der Waals surface area contributed by atoms with Gasteiger partial charge in [0.1, 0.15) is 0 Å². The highest BCUT2D eigenvalue weighted by Crippen LogP contribution is 2.15. The van der Waals surface area contributed by atoms with Crippen molar-refractivity contribution in [1.82, 2.24) is 0 Å². The Kier molecular flexibility index (Phi) is 5.81. The summed E-state index contributed by atoms with van der Waals surface area (Å²) < 4.78 is 33.2. The lowest BCUT2D eigenvalue weighted by molar-refractivity contribution is -0.167. The summed E-state index contributed by atoms with van der Waals surface area (Å²) in [5.41, 5.74) is 0. The normalized spacial score (nSPS) is 10.2. The smallest absolute Gasteiger partial charge is 0.289 e. The van der Waals surface area contributed by atoms with Crippen LogP contribution >= 0.6 is 24.0 Å². The van der Waals surface area contributed by atoms with Crippen molar-refractivity contribution in [2.75, 3.05) is 5.75 Å². The van der Waals surface area contributed by atoms with Gasteiger partial charge in [-0.25, -0.2) is 0 Å². The molecule has 1 heterocycles. The van der Waals surface area contributed by atoms with Crippen LogP contribution in [0.3, 0.4) is 0 Å². The minimum atomic E-state index is -4.71. The molecule has 0 saturated carbocycles. The Bertz CT molecular complexity index is 213. The average Bonchev–Trinajstić information content (AvgIpc) is 2.58. The van der Waals surface area contributed by atoms with Crippen molar-refractivity contribution < 1.29 is 18.0 Å². The minimum Gasteiger partial charge on any atom is -0.289 e. The Morgan fingerprint density at radius 2 is 1.77 bits per heavy atom. The van der Waals surface area contributed by atoms with Gasteiger partial charge in [-0.3, -0.25) is 4.79 Å². The highest BCUT2D eigenvalue weighted by molar-refractivity contribution is 7.81. The summed E-state index contributed by atoms with van der Waals surface area (Å²) in [7, 11) is 0. The first-order valence-corrected chi connectivity index (χ1v) is 4.74. The van der Waals surface area contributed by atoms with E-state index in [-0.39, 0.29) is 0 Å². The molecular formula is C7H7F3OS2. The summed E-state index contributed by atoms with van der Waals surface area (Å²) in [6.07, 6.45) is -4.71. The molecule has 0 bridgehead atoms. The second kappa shape index (κ2) is 6.04. The molecule has 0 aliphatic rings. The highest BCUT2D eigenvalue weighted by atomic mass is 32.1. The van der Waals surface area contributed by atoms with E-state index in [4.69, 9.17) is 0 Å². The maximum atomic E-state index is 11.1. The highest BCUT2D eigenvalue weighted by Gasteiger charge is 2.36. The molecule has 0 radical (unpaired) electrons. The number of rotatable bonds is 1. The fourth-order valence-corrected chi connectivity index (χ4v) is 0.949. The first kappa shape index (κ1) is 12.5. The van der Waals surface area contributed by atoms with E-state index in [2.05, 4.69) is 12.6 Å². The van der Waals surface area contributed by atoms with Crippen LogP contribution in [0.5, 0.6) is 0 Å². The van der Waals surface area contributed by atoms with E-state index in [1.165, 1.54) is 0 Å². The molecule has 0 spiro atoms. The van der Waals surface area contributed by atoms with Gasteiger partial charge in [-0.2, -0.15) is 37.1 Å². The average molecular weight is 228 g/mol. The third-order valence-electron chi connectivity index (χ3n) is 0.885. The van der Waals surface area contributed by atoms with Gasteiger partial charge in [-0.15, -0.1) is 0 Å². The van der Waals surface area contributed by atoms with E-state index in [9.17, 15) is 18.0 Å². The fraction of sp³-hybridized carbons (Fsp3) is 0.286. The van der Waals surface area contributed by atoms with Crippen molar-refractivity contribution in [3.05, 3.63) is 22.9 Å². The molecule has 0 aliphatic carbocycles. The van der Waals surface area contributed by atoms with Crippen molar-refractivity contribution in [1.29, 1.82) is 0 Å². The number of Topliss-reactive ketones (excluding diaryl/α,β-unsaturated/α-hetero) is 1. The lowest BCUT2D eigenvalue weighted by Crippen LogP contribution is -2.23. The van der Waals surface area contributed by atoms with Gasteiger partial charge in [0.2, 0.25) is 5.78 Å². The van der Waals surface area contributed by atoms with Crippen LogP contribution in [-0.4, -0.2) is 17.7 Å². The van der Waals surface area contributed by atoms with Gasteiger partial charge in [0, 0.05) is 0 Å². The van der Waals surface area contributed by atoms with Crippen LogP contribution in [0.1, 0.15) is 0 Å². The predicted molar refractivity (Wildman–Crippen MR) is 49.2 cm³/mol. The lowest BCUT2D eigenvalue weighted by Gasteiger charge is -1.98. The number of thiophene rings is 1. The molecule has 1 aromatic rings. The van der Waals surface area contributed by atoms with Crippen LogP contribution in [0, 0.1) is 0 Å². The lowest BCUT2D eigenvalue weighted by atomic mass is 10.4. The Morgan fingerprint density at radius 1 is 1.31 bits per heavy atom. The number of carbonyl (C=O) groups excluding carboxylic acids is 1. The number of carbonyl (C=O) groups is 1. The summed E-state index contributed by atoms with van der Waals surface area (Å²) >= 11 is 4.85. The minimum absolute atomic E-state index is 0.774. The second-order valence-electron chi connectivity index (χ2n) is 1.87. The van der Waals surface area contributed by atoms with Crippen LogP contribution in [0.25, 0.3) is 0 Å². The second-order valence-corrected chi connectivity index (χ2v) is 3.00. The first-order chi connectivity index (χ1) is 5.98. The van der Waals surface area contributed by atoms with E-state index in [1.807, 2.05) is 22.9 Å². The van der Waals surface area contributed by atoms with Gasteiger partial charge >= 0.3 is 6.18 Å². The summed E-state index contributed by atoms with van der Waals surface area (Å²) in [5.74, 6) is -2.58. The third kappa shape index (κ3) is 6.65. The molecule has 0 atom stereocenters. The van der Waals surface area contributed by atoms with E-state index >= 15 is 0 Å². The van der Waals surface area contributed by atoms with Gasteiger partial charge in [-0.1, -0.05) is 12.1 Å². The summed E-state index contributed by atoms with van der Waals surface area (Å²) in [6, 6.07) is 4.04. The number of hydrogen-bond donors (Lipinski definition) is 1. The number of hydrogen-bond acceptors (Lipinski definition) is 3. The molecule has 1 aromatic heterocycles. The Labute approximate surface area is 83.0 Å². The van der Waals surface area contributed by atoms with Crippen LogP contribution < -0.4 is 0 Å². The van der Waals surface area contributed by atoms with Gasteiger partial charge in [0.25, 0.3) is 0 Å². The first-order valence-electron chi connectivity index (χ1n) is 3.16. The largest absolute Gasteiger partial charge is 0.450 e. The predicted octanol–water partition coefficient (Wildman–Crippen LogP) is 2.80. The molecular weight excluding hydrogens is 221 g/mol. The number of thiol groups is 1. The molecule has 74 valence electrons. The van der Waals surface area contributed by atoms with E-state index in [0.717, 1.165) is 0 Å². The fourth-order valence-electron chi connectivity index (χ4n) is 0.316. The molecule has 6 heteroatoms. The molecule has 1 nitrogen and oxygen atoms in total. The van der Waals surface area contributed by atoms with Crippen LogP contribution in [0.15, 0.2) is 22.9 Å². The van der Waals surface area contributed by atoms with Crippen molar-refractivity contribution in [3.8, 4) is 0 Å². The molecule has 1 rings (SSSR count). The number of halogens is 3. The molecule has 0 unspecified atom stereocenters. The van der Waals surface area contributed by atoms with Crippen LogP contribution in [0.2, 0.25) is 0 Å². The summed E-state index contributed by atoms with van der Waals surface area (Å²) in [6.45, 7) is 0. The molecule has 0 aliphatic heterocycles. The third-order valence-corrected chi connectivity index (χ3v) is 1.80. The Balaban J connectivity index is 0.000000243. The topological polar surface area (TPSA) is 17.1 Å². The van der Waals surface area contributed by atoms with Crippen molar-refractivity contribution in [3.63, 3.8) is 0 Å². The molecule has 0 saturated heterocycles. The Hall–Kier alpha value is -0.490. The summed E-state index contributed by atoms with van der Waals surface area (Å²) in [5, 5.41) is 4.08. The number of alkyl halides is 3. The molecule has 0 amide bonds. The molecule has 0 fully saturated rings.